The first kappa shape index (κ1) is 26.2. The number of carbonyl (C=O) groups excluding carboxylic acids is 1. The second kappa shape index (κ2) is 8.93. The van der Waals surface area contributed by atoms with E-state index in [-0.39, 0.29) is 28.1 Å². The number of hydrogen-bond acceptors (Lipinski definition) is 6. The molecule has 4 rings (SSSR count). The summed E-state index contributed by atoms with van der Waals surface area (Å²) >= 11 is 3.54. The van der Waals surface area contributed by atoms with Gasteiger partial charge in [0.1, 0.15) is 0 Å². The average Bonchev–Trinajstić information content (AvgIpc) is 3.39. The van der Waals surface area contributed by atoms with Crippen LogP contribution in [0.2, 0.25) is 0 Å². The Bertz CT molecular complexity index is 1530. The van der Waals surface area contributed by atoms with Crippen molar-refractivity contribution in [3.05, 3.63) is 71.4 Å². The third-order valence-electron chi connectivity index (χ3n) is 4.88. The summed E-state index contributed by atoms with van der Waals surface area (Å²) in [6, 6.07) is 7.32. The zero-order valence-corrected chi connectivity index (χ0v) is 20.5. The number of nitrogens with one attached hydrogen (secondary N) is 1. The highest BCUT2D eigenvalue weighted by Gasteiger charge is 2.38. The van der Waals surface area contributed by atoms with E-state index in [1.807, 2.05) is 0 Å². The maximum atomic E-state index is 13.0. The van der Waals surface area contributed by atoms with Gasteiger partial charge in [0.2, 0.25) is 9.30 Å². The third kappa shape index (κ3) is 5.02. The Labute approximate surface area is 211 Å². The number of aldehydes is 1. The number of imidazole rings is 1. The van der Waals surface area contributed by atoms with Crippen molar-refractivity contribution >= 4 is 48.5 Å². The number of halogens is 7. The molecule has 0 radical (unpaired) electrons. The summed E-state index contributed by atoms with van der Waals surface area (Å²) in [5.74, 6) is 0. The van der Waals surface area contributed by atoms with E-state index in [4.69, 9.17) is 0 Å². The molecule has 36 heavy (non-hydrogen) atoms. The van der Waals surface area contributed by atoms with Gasteiger partial charge in [-0.15, -0.1) is 5.10 Å². The van der Waals surface area contributed by atoms with Gasteiger partial charge in [-0.25, -0.2) is 17.9 Å². The molecule has 7 nitrogen and oxygen atoms in total. The largest absolute Gasteiger partial charge is 0.416 e. The van der Waals surface area contributed by atoms with Gasteiger partial charge in [0.15, 0.2) is 10.7 Å². The van der Waals surface area contributed by atoms with Crippen molar-refractivity contribution in [1.82, 2.24) is 19.3 Å². The van der Waals surface area contributed by atoms with Crippen LogP contribution in [0.5, 0.6) is 0 Å². The third-order valence-corrected chi connectivity index (χ3v) is 8.75. The second-order valence-electron chi connectivity index (χ2n) is 7.29. The molecule has 190 valence electrons. The lowest BCUT2D eigenvalue weighted by Gasteiger charge is -2.22. The monoisotopic (exact) mass is 612 g/mol. The SMILES string of the molecule is O=CC(Br)(NS(=O)(=O)c1nn2c(-c3ccc(C(F)(F)F)cc3)cnc2s1)c1ccc(C(F)(F)F)cc1. The predicted octanol–water partition coefficient (Wildman–Crippen LogP) is 5.22. The lowest BCUT2D eigenvalue weighted by atomic mass is 10.1. The molecule has 0 bridgehead atoms. The van der Waals surface area contributed by atoms with Crippen molar-refractivity contribution in [2.75, 3.05) is 0 Å². The van der Waals surface area contributed by atoms with E-state index < -0.39 is 42.3 Å². The van der Waals surface area contributed by atoms with E-state index in [9.17, 15) is 39.6 Å². The van der Waals surface area contributed by atoms with Crippen LogP contribution in [0, 0.1) is 0 Å². The maximum absolute atomic E-state index is 13.0. The summed E-state index contributed by atoms with van der Waals surface area (Å²) in [6.07, 6.45) is -7.71. The first-order chi connectivity index (χ1) is 16.6. The van der Waals surface area contributed by atoms with Crippen LogP contribution in [0.25, 0.3) is 16.2 Å². The lowest BCUT2D eigenvalue weighted by molar-refractivity contribution is -0.138. The summed E-state index contributed by atoms with van der Waals surface area (Å²) in [4.78, 5) is 15.9. The molecule has 1 atom stereocenters. The molecule has 2 aromatic heterocycles. The summed E-state index contributed by atoms with van der Waals surface area (Å²) in [5, 5.41) is 3.96. The van der Waals surface area contributed by atoms with Gasteiger partial charge in [-0.05, 0) is 29.8 Å². The van der Waals surface area contributed by atoms with Crippen LogP contribution in [-0.4, -0.2) is 29.3 Å². The molecule has 4 aromatic rings. The zero-order chi connectivity index (χ0) is 26.5. The van der Waals surface area contributed by atoms with Gasteiger partial charge in [-0.2, -0.15) is 31.1 Å². The van der Waals surface area contributed by atoms with Crippen LogP contribution in [-0.2, 0) is 31.6 Å². The molecule has 1 unspecified atom stereocenters. The number of carbonyl (C=O) groups is 1. The van der Waals surface area contributed by atoms with Gasteiger partial charge < -0.3 is 0 Å². The van der Waals surface area contributed by atoms with Crippen molar-refractivity contribution in [2.45, 2.75) is 21.1 Å². The Morgan fingerprint density at radius 3 is 1.89 bits per heavy atom. The van der Waals surface area contributed by atoms with Crippen LogP contribution in [0.15, 0.2) is 59.1 Å². The fraction of sp³-hybridized carbons (Fsp3) is 0.150. The molecule has 0 saturated heterocycles. The van der Waals surface area contributed by atoms with Crippen molar-refractivity contribution < 1.29 is 39.6 Å². The highest BCUT2D eigenvalue weighted by Crippen LogP contribution is 2.35. The lowest BCUT2D eigenvalue weighted by Crippen LogP contribution is -2.42. The summed E-state index contributed by atoms with van der Waals surface area (Å²) in [6.45, 7) is 0. The maximum Gasteiger partial charge on any atom is 0.416 e. The van der Waals surface area contributed by atoms with E-state index in [1.54, 1.807) is 0 Å². The first-order valence-corrected chi connectivity index (χ1v) is 12.6. The van der Waals surface area contributed by atoms with Gasteiger partial charge in [-0.1, -0.05) is 51.5 Å². The smallest absolute Gasteiger partial charge is 0.300 e. The quantitative estimate of drug-likeness (QED) is 0.139. The van der Waals surface area contributed by atoms with E-state index in [1.165, 1.54) is 18.3 Å². The van der Waals surface area contributed by atoms with Gasteiger partial charge in [-0.3, -0.25) is 4.79 Å². The predicted molar refractivity (Wildman–Crippen MR) is 120 cm³/mol. The van der Waals surface area contributed by atoms with E-state index in [0.717, 1.165) is 28.8 Å². The van der Waals surface area contributed by atoms with Crippen LogP contribution in [0.1, 0.15) is 16.7 Å². The molecule has 0 amide bonds. The van der Waals surface area contributed by atoms with Gasteiger partial charge in [0.05, 0.1) is 23.0 Å². The van der Waals surface area contributed by atoms with Crippen LogP contribution >= 0.6 is 27.3 Å². The Hall–Kier alpha value is -2.82. The van der Waals surface area contributed by atoms with Gasteiger partial charge in [0.25, 0.3) is 10.0 Å². The van der Waals surface area contributed by atoms with E-state index >= 15 is 0 Å². The Kier molecular flexibility index (Phi) is 6.51. The van der Waals surface area contributed by atoms with E-state index in [2.05, 4.69) is 30.7 Å². The number of benzene rings is 2. The molecular formula is C20H11BrF6N4O3S2. The molecule has 0 spiro atoms. The molecule has 16 heteroatoms. The highest BCUT2D eigenvalue weighted by atomic mass is 79.9. The van der Waals surface area contributed by atoms with Crippen LogP contribution in [0.3, 0.4) is 0 Å². The number of sulfonamides is 1. The topological polar surface area (TPSA) is 93.4 Å². The van der Waals surface area contributed by atoms with Crippen molar-refractivity contribution in [3.8, 4) is 11.3 Å². The van der Waals surface area contributed by atoms with E-state index in [0.29, 0.717) is 23.5 Å². The number of hydrogen-bond donors (Lipinski definition) is 1. The minimum atomic E-state index is -4.63. The molecule has 0 aliphatic heterocycles. The molecule has 2 heterocycles. The van der Waals surface area contributed by atoms with Crippen LogP contribution < -0.4 is 4.72 Å². The Morgan fingerprint density at radius 2 is 1.39 bits per heavy atom. The normalized spacial score (nSPS) is 14.6. The Balaban J connectivity index is 1.65. The molecule has 0 aliphatic rings. The molecule has 0 fully saturated rings. The number of alkyl halides is 7. The number of rotatable bonds is 6. The Morgan fingerprint density at radius 1 is 0.889 bits per heavy atom. The number of aromatic nitrogens is 3. The summed E-state index contributed by atoms with van der Waals surface area (Å²) in [7, 11) is -4.53. The highest BCUT2D eigenvalue weighted by molar-refractivity contribution is 9.10. The number of nitrogens with zero attached hydrogens (tertiary/aromatic N) is 3. The summed E-state index contributed by atoms with van der Waals surface area (Å²) in [5.41, 5.74) is -1.50. The minimum Gasteiger partial charge on any atom is -0.300 e. The standard InChI is InChI=1S/C20H11BrF6N4O3S2/c21-18(10-32,12-5-7-14(8-6-12)20(25,26)27)30-36(33,34)17-29-31-15(9-28-16(31)35-17)11-1-3-13(4-2-11)19(22,23)24/h1-10,30H. The molecule has 0 saturated carbocycles. The zero-order valence-electron chi connectivity index (χ0n) is 17.3. The molecule has 1 N–H and O–H groups in total. The number of fused-ring (bicyclic) bond motifs is 1. The molecular weight excluding hydrogens is 602 g/mol. The first-order valence-electron chi connectivity index (χ1n) is 9.53. The molecule has 2 aromatic carbocycles. The summed E-state index contributed by atoms with van der Waals surface area (Å²) < 4.78 is 103. The average molecular weight is 613 g/mol. The fourth-order valence-electron chi connectivity index (χ4n) is 3.10. The second-order valence-corrected chi connectivity index (χ2v) is 11.4. The van der Waals surface area contributed by atoms with Crippen molar-refractivity contribution in [3.63, 3.8) is 0 Å². The fourth-order valence-corrected chi connectivity index (χ4v) is 6.24. The van der Waals surface area contributed by atoms with Gasteiger partial charge >= 0.3 is 12.4 Å². The molecule has 0 aliphatic carbocycles. The van der Waals surface area contributed by atoms with Gasteiger partial charge in [0, 0.05) is 5.56 Å². The van der Waals surface area contributed by atoms with Crippen molar-refractivity contribution in [1.29, 1.82) is 0 Å². The van der Waals surface area contributed by atoms with Crippen molar-refractivity contribution in [2.24, 2.45) is 0 Å². The van der Waals surface area contributed by atoms with Crippen LogP contribution in [0.4, 0.5) is 26.3 Å². The minimum absolute atomic E-state index is 0.0890.